The lowest BCUT2D eigenvalue weighted by molar-refractivity contribution is -0.140. The predicted octanol–water partition coefficient (Wildman–Crippen LogP) is 0.864. The maximum atomic E-state index is 11.6. The smallest absolute Gasteiger partial charge is 0.305 e. The minimum atomic E-state index is -0.370. The van der Waals surface area contributed by atoms with Crippen LogP contribution in [0.1, 0.15) is 28.9 Å². The number of hydrogen-bond donors (Lipinski definition) is 0. The molecule has 15 heavy (non-hydrogen) atoms. The predicted molar refractivity (Wildman–Crippen MR) is 53.5 cm³/mol. The number of esters is 1. The van der Waals surface area contributed by atoms with Crippen LogP contribution in [0, 0.1) is 6.92 Å². The molecular formula is C10H14N2O3. The van der Waals surface area contributed by atoms with E-state index in [0.29, 0.717) is 5.56 Å². The first-order valence-electron chi connectivity index (χ1n) is 4.65. The van der Waals surface area contributed by atoms with Gasteiger partial charge in [-0.2, -0.15) is 5.10 Å². The van der Waals surface area contributed by atoms with Crippen LogP contribution in [-0.2, 0) is 16.6 Å². The summed E-state index contributed by atoms with van der Waals surface area (Å²) in [6.07, 6.45) is 1.80. The van der Waals surface area contributed by atoms with Crippen molar-refractivity contribution in [2.45, 2.75) is 19.8 Å². The van der Waals surface area contributed by atoms with Crippen molar-refractivity contribution in [2.24, 2.45) is 7.05 Å². The molecule has 0 aliphatic rings. The Morgan fingerprint density at radius 1 is 1.47 bits per heavy atom. The van der Waals surface area contributed by atoms with Gasteiger partial charge in [-0.3, -0.25) is 14.3 Å². The van der Waals surface area contributed by atoms with Gasteiger partial charge < -0.3 is 4.74 Å². The third-order valence-corrected chi connectivity index (χ3v) is 2.32. The molecule has 0 fully saturated rings. The molecule has 5 nitrogen and oxygen atoms in total. The van der Waals surface area contributed by atoms with E-state index >= 15 is 0 Å². The minimum Gasteiger partial charge on any atom is -0.469 e. The topological polar surface area (TPSA) is 61.2 Å². The average molecular weight is 210 g/mol. The number of carbonyl (C=O) groups excluding carboxylic acids is 2. The lowest BCUT2D eigenvalue weighted by Gasteiger charge is -1.99. The maximum absolute atomic E-state index is 11.6. The van der Waals surface area contributed by atoms with Crippen molar-refractivity contribution in [3.63, 3.8) is 0 Å². The van der Waals surface area contributed by atoms with Gasteiger partial charge in [-0.1, -0.05) is 0 Å². The molecular weight excluding hydrogens is 196 g/mol. The molecule has 82 valence electrons. The monoisotopic (exact) mass is 210 g/mol. The Labute approximate surface area is 88.0 Å². The second-order valence-corrected chi connectivity index (χ2v) is 3.27. The Bertz CT molecular complexity index is 382. The molecule has 0 saturated carbocycles. The Hall–Kier alpha value is -1.65. The molecule has 0 saturated heterocycles. The van der Waals surface area contributed by atoms with E-state index in [1.165, 1.54) is 13.3 Å². The molecule has 0 unspecified atom stereocenters. The van der Waals surface area contributed by atoms with Gasteiger partial charge in [0, 0.05) is 19.2 Å². The van der Waals surface area contributed by atoms with Crippen molar-refractivity contribution >= 4 is 11.8 Å². The molecule has 1 aromatic heterocycles. The summed E-state index contributed by atoms with van der Waals surface area (Å²) in [4.78, 5) is 22.5. The zero-order chi connectivity index (χ0) is 11.4. The second-order valence-electron chi connectivity index (χ2n) is 3.27. The average Bonchev–Trinajstić information content (AvgIpc) is 2.56. The summed E-state index contributed by atoms with van der Waals surface area (Å²) < 4.78 is 6.09. The molecule has 1 heterocycles. The number of Topliss-reactive ketones (excluding diaryl/α,β-unsaturated/α-hetero) is 1. The summed E-state index contributed by atoms with van der Waals surface area (Å²) in [6, 6.07) is 0. The van der Waals surface area contributed by atoms with Crippen LogP contribution < -0.4 is 0 Å². The van der Waals surface area contributed by atoms with Gasteiger partial charge in [-0.15, -0.1) is 0 Å². The highest BCUT2D eigenvalue weighted by molar-refractivity contribution is 5.98. The SMILES string of the molecule is COC(=O)CCC(=O)c1cnn(C)c1C. The molecule has 0 bridgehead atoms. The van der Waals surface area contributed by atoms with Gasteiger partial charge >= 0.3 is 5.97 Å². The summed E-state index contributed by atoms with van der Waals surface area (Å²) in [7, 11) is 3.08. The molecule has 0 spiro atoms. The molecule has 1 rings (SSSR count). The lowest BCUT2D eigenvalue weighted by atomic mass is 10.1. The van der Waals surface area contributed by atoms with Crippen LogP contribution in [0.2, 0.25) is 0 Å². The van der Waals surface area contributed by atoms with Crippen LogP contribution in [0.3, 0.4) is 0 Å². The summed E-state index contributed by atoms with van der Waals surface area (Å²) in [5.74, 6) is -0.448. The third-order valence-electron chi connectivity index (χ3n) is 2.32. The van der Waals surface area contributed by atoms with E-state index in [4.69, 9.17) is 0 Å². The highest BCUT2D eigenvalue weighted by Gasteiger charge is 2.14. The molecule has 0 N–H and O–H groups in total. The molecule has 0 amide bonds. The van der Waals surface area contributed by atoms with Crippen LogP contribution >= 0.6 is 0 Å². The van der Waals surface area contributed by atoms with Crippen molar-refractivity contribution in [3.8, 4) is 0 Å². The number of aromatic nitrogens is 2. The van der Waals surface area contributed by atoms with Crippen molar-refractivity contribution in [1.29, 1.82) is 0 Å². The molecule has 0 aromatic carbocycles. The number of rotatable bonds is 4. The Kier molecular flexibility index (Phi) is 3.60. The van der Waals surface area contributed by atoms with Crippen LogP contribution in [0.25, 0.3) is 0 Å². The second kappa shape index (κ2) is 4.72. The van der Waals surface area contributed by atoms with Crippen LogP contribution in [-0.4, -0.2) is 28.6 Å². The van der Waals surface area contributed by atoms with Gasteiger partial charge in [0.25, 0.3) is 0 Å². The van der Waals surface area contributed by atoms with Gasteiger partial charge in [0.1, 0.15) is 0 Å². The Morgan fingerprint density at radius 3 is 2.60 bits per heavy atom. The van der Waals surface area contributed by atoms with E-state index in [2.05, 4.69) is 9.84 Å². The fraction of sp³-hybridized carbons (Fsp3) is 0.500. The van der Waals surface area contributed by atoms with E-state index in [0.717, 1.165) is 5.69 Å². The summed E-state index contributed by atoms with van der Waals surface area (Å²) >= 11 is 0. The molecule has 0 aliphatic heterocycles. The van der Waals surface area contributed by atoms with Gasteiger partial charge in [0.2, 0.25) is 0 Å². The molecule has 0 atom stereocenters. The molecule has 0 radical (unpaired) electrons. The Morgan fingerprint density at radius 2 is 2.13 bits per heavy atom. The fourth-order valence-corrected chi connectivity index (χ4v) is 1.22. The van der Waals surface area contributed by atoms with Gasteiger partial charge in [-0.05, 0) is 6.92 Å². The van der Waals surface area contributed by atoms with Gasteiger partial charge in [0.05, 0.1) is 25.3 Å². The maximum Gasteiger partial charge on any atom is 0.305 e. The van der Waals surface area contributed by atoms with E-state index in [-0.39, 0.29) is 24.6 Å². The number of hydrogen-bond acceptors (Lipinski definition) is 4. The number of methoxy groups -OCH3 is 1. The van der Waals surface area contributed by atoms with E-state index in [1.807, 2.05) is 6.92 Å². The lowest BCUT2D eigenvalue weighted by Crippen LogP contribution is -2.07. The van der Waals surface area contributed by atoms with E-state index in [1.54, 1.807) is 11.7 Å². The van der Waals surface area contributed by atoms with Gasteiger partial charge in [-0.25, -0.2) is 0 Å². The molecule has 5 heteroatoms. The number of ketones is 1. The molecule has 1 aromatic rings. The number of nitrogens with zero attached hydrogens (tertiary/aromatic N) is 2. The number of carbonyl (C=O) groups is 2. The minimum absolute atomic E-state index is 0.0778. The van der Waals surface area contributed by atoms with Crippen LogP contribution in [0.5, 0.6) is 0 Å². The van der Waals surface area contributed by atoms with Crippen molar-refractivity contribution < 1.29 is 14.3 Å². The highest BCUT2D eigenvalue weighted by Crippen LogP contribution is 2.10. The molecule has 0 aliphatic carbocycles. The summed E-state index contributed by atoms with van der Waals surface area (Å²) in [6.45, 7) is 1.82. The highest BCUT2D eigenvalue weighted by atomic mass is 16.5. The first-order valence-corrected chi connectivity index (χ1v) is 4.65. The first kappa shape index (κ1) is 11.4. The van der Waals surface area contributed by atoms with Crippen LogP contribution in [0.15, 0.2) is 6.20 Å². The van der Waals surface area contributed by atoms with Crippen molar-refractivity contribution in [1.82, 2.24) is 9.78 Å². The number of ether oxygens (including phenoxy) is 1. The first-order chi connectivity index (χ1) is 7.06. The van der Waals surface area contributed by atoms with E-state index < -0.39 is 0 Å². The third kappa shape index (κ3) is 2.65. The summed E-state index contributed by atoms with van der Waals surface area (Å²) in [5, 5.41) is 3.96. The zero-order valence-electron chi connectivity index (χ0n) is 9.11. The number of aryl methyl sites for hydroxylation is 1. The van der Waals surface area contributed by atoms with Gasteiger partial charge in [0.15, 0.2) is 5.78 Å². The Balaban J connectivity index is 2.62. The normalized spacial score (nSPS) is 10.1. The fourth-order valence-electron chi connectivity index (χ4n) is 1.22. The zero-order valence-corrected chi connectivity index (χ0v) is 9.11. The summed E-state index contributed by atoms with van der Waals surface area (Å²) in [5.41, 5.74) is 1.38. The van der Waals surface area contributed by atoms with E-state index in [9.17, 15) is 9.59 Å². The van der Waals surface area contributed by atoms with Crippen molar-refractivity contribution in [2.75, 3.05) is 7.11 Å². The van der Waals surface area contributed by atoms with Crippen molar-refractivity contribution in [3.05, 3.63) is 17.5 Å². The standard InChI is InChI=1S/C10H14N2O3/c1-7-8(6-11-12(7)2)9(13)4-5-10(14)15-3/h6H,4-5H2,1-3H3. The largest absolute Gasteiger partial charge is 0.469 e. The van der Waals surface area contributed by atoms with Crippen LogP contribution in [0.4, 0.5) is 0 Å². The quantitative estimate of drug-likeness (QED) is 0.546.